The number of nitrogens with zero attached hydrogens (tertiary/aromatic N) is 2. The van der Waals surface area contributed by atoms with Crippen LogP contribution in [-0.2, 0) is 0 Å². The van der Waals surface area contributed by atoms with E-state index >= 15 is 0 Å². The van der Waals surface area contributed by atoms with Crippen LogP contribution < -0.4 is 11.1 Å². The first-order valence-corrected chi connectivity index (χ1v) is 5.96. The van der Waals surface area contributed by atoms with Crippen molar-refractivity contribution < 1.29 is 4.79 Å². The Labute approximate surface area is 103 Å². The Bertz CT molecular complexity index is 512. The molecule has 0 spiro atoms. The van der Waals surface area contributed by atoms with Gasteiger partial charge in [-0.2, -0.15) is 0 Å². The van der Waals surface area contributed by atoms with Gasteiger partial charge >= 0.3 is 0 Å². The number of hydrogen-bond acceptors (Lipinski definition) is 5. The smallest absolute Gasteiger partial charge is 0.270 e. The van der Waals surface area contributed by atoms with Gasteiger partial charge in [-0.05, 0) is 19.1 Å². The van der Waals surface area contributed by atoms with Gasteiger partial charge in [0.15, 0.2) is 0 Å². The summed E-state index contributed by atoms with van der Waals surface area (Å²) < 4.78 is 0. The van der Waals surface area contributed by atoms with Crippen LogP contribution in [0.5, 0.6) is 0 Å². The molecule has 17 heavy (non-hydrogen) atoms. The maximum atomic E-state index is 11.9. The Morgan fingerprint density at radius 3 is 2.94 bits per heavy atom. The highest BCUT2D eigenvalue weighted by atomic mass is 32.1. The van der Waals surface area contributed by atoms with Crippen molar-refractivity contribution in [2.75, 3.05) is 5.73 Å². The molecule has 0 aromatic carbocycles. The molecular weight excluding hydrogens is 236 g/mol. The Morgan fingerprint density at radius 2 is 2.29 bits per heavy atom. The van der Waals surface area contributed by atoms with E-state index in [-0.39, 0.29) is 11.9 Å². The number of thiazole rings is 1. The minimum atomic E-state index is -0.250. The van der Waals surface area contributed by atoms with E-state index in [0.717, 1.165) is 5.01 Å². The molecule has 2 aromatic heterocycles. The first kappa shape index (κ1) is 11.5. The molecule has 0 aliphatic carbocycles. The topological polar surface area (TPSA) is 80.9 Å². The zero-order valence-electron chi connectivity index (χ0n) is 9.25. The predicted octanol–water partition coefficient (Wildman–Crippen LogP) is 1.61. The zero-order chi connectivity index (χ0) is 12.3. The third kappa shape index (κ3) is 2.79. The molecule has 1 unspecified atom stereocenters. The number of amides is 1. The van der Waals surface area contributed by atoms with E-state index in [1.54, 1.807) is 18.3 Å². The summed E-state index contributed by atoms with van der Waals surface area (Å²) in [4.78, 5) is 20.0. The van der Waals surface area contributed by atoms with Crippen LogP contribution in [0.15, 0.2) is 29.9 Å². The molecule has 0 saturated carbocycles. The maximum absolute atomic E-state index is 11.9. The second kappa shape index (κ2) is 4.92. The minimum absolute atomic E-state index is 0.134. The first-order valence-electron chi connectivity index (χ1n) is 5.08. The predicted molar refractivity (Wildman–Crippen MR) is 66.6 cm³/mol. The second-order valence-electron chi connectivity index (χ2n) is 3.54. The van der Waals surface area contributed by atoms with Crippen molar-refractivity contribution in [2.45, 2.75) is 13.0 Å². The normalized spacial score (nSPS) is 12.1. The molecule has 0 saturated heterocycles. The van der Waals surface area contributed by atoms with Crippen LogP contribution in [0.2, 0.25) is 0 Å². The van der Waals surface area contributed by atoms with Crippen LogP contribution in [0.3, 0.4) is 0 Å². The highest BCUT2D eigenvalue weighted by Gasteiger charge is 2.14. The molecule has 2 aromatic rings. The standard InChI is InChI=1S/C11H12N4OS/c1-7(11-14-4-5-17-11)15-10(16)9-6-8(12)2-3-13-9/h2-7H,1H3,(H2,12,13)(H,15,16). The molecule has 0 aliphatic heterocycles. The lowest BCUT2D eigenvalue weighted by molar-refractivity contribution is 0.0935. The van der Waals surface area contributed by atoms with Crippen LogP contribution in [0.25, 0.3) is 0 Å². The van der Waals surface area contributed by atoms with Crippen molar-refractivity contribution >= 4 is 22.9 Å². The Morgan fingerprint density at radius 1 is 1.47 bits per heavy atom. The van der Waals surface area contributed by atoms with Crippen molar-refractivity contribution in [2.24, 2.45) is 0 Å². The van der Waals surface area contributed by atoms with E-state index in [1.165, 1.54) is 17.5 Å². The molecule has 2 rings (SSSR count). The molecule has 3 N–H and O–H groups in total. The van der Waals surface area contributed by atoms with Gasteiger partial charge in [0, 0.05) is 23.5 Å². The van der Waals surface area contributed by atoms with E-state index in [1.807, 2.05) is 12.3 Å². The van der Waals surface area contributed by atoms with Gasteiger partial charge in [0.25, 0.3) is 5.91 Å². The van der Waals surface area contributed by atoms with Gasteiger partial charge in [0.05, 0.1) is 6.04 Å². The summed E-state index contributed by atoms with van der Waals surface area (Å²) in [6, 6.07) is 3.05. The number of pyridine rings is 1. The molecule has 2 heterocycles. The third-order valence-corrected chi connectivity index (χ3v) is 3.14. The number of nitrogens with one attached hydrogen (secondary N) is 1. The molecule has 6 heteroatoms. The quantitative estimate of drug-likeness (QED) is 0.864. The number of carbonyl (C=O) groups is 1. The fourth-order valence-corrected chi connectivity index (χ4v) is 2.00. The SMILES string of the molecule is CC(NC(=O)c1cc(N)ccn1)c1nccs1. The molecule has 0 fully saturated rings. The van der Waals surface area contributed by atoms with Gasteiger partial charge in [-0.15, -0.1) is 11.3 Å². The van der Waals surface area contributed by atoms with Crippen molar-refractivity contribution in [3.63, 3.8) is 0 Å². The average Bonchev–Trinajstić information content (AvgIpc) is 2.82. The number of hydrogen-bond donors (Lipinski definition) is 2. The monoisotopic (exact) mass is 248 g/mol. The molecule has 0 radical (unpaired) electrons. The van der Waals surface area contributed by atoms with Gasteiger partial charge in [-0.3, -0.25) is 9.78 Å². The number of nitrogens with two attached hydrogens (primary N) is 1. The number of rotatable bonds is 3. The summed E-state index contributed by atoms with van der Waals surface area (Å²) in [7, 11) is 0. The van der Waals surface area contributed by atoms with Crippen LogP contribution in [0.4, 0.5) is 5.69 Å². The summed E-state index contributed by atoms with van der Waals surface area (Å²) in [5.74, 6) is -0.250. The van der Waals surface area contributed by atoms with E-state index in [0.29, 0.717) is 11.4 Å². The lowest BCUT2D eigenvalue weighted by Gasteiger charge is -2.10. The third-order valence-electron chi connectivity index (χ3n) is 2.19. The summed E-state index contributed by atoms with van der Waals surface area (Å²) in [6.07, 6.45) is 3.22. The lowest BCUT2D eigenvalue weighted by atomic mass is 10.3. The Balaban J connectivity index is 2.07. The Kier molecular flexibility index (Phi) is 3.34. The maximum Gasteiger partial charge on any atom is 0.270 e. The van der Waals surface area contributed by atoms with Crippen molar-refractivity contribution in [3.05, 3.63) is 40.6 Å². The van der Waals surface area contributed by atoms with Crippen LogP contribution in [0, 0.1) is 0 Å². The number of aromatic nitrogens is 2. The average molecular weight is 248 g/mol. The number of carbonyl (C=O) groups excluding carboxylic acids is 1. The highest BCUT2D eigenvalue weighted by molar-refractivity contribution is 7.09. The number of nitrogen functional groups attached to an aromatic ring is 1. The summed E-state index contributed by atoms with van der Waals surface area (Å²) >= 11 is 1.50. The molecule has 0 bridgehead atoms. The second-order valence-corrected chi connectivity index (χ2v) is 4.47. The van der Waals surface area contributed by atoms with Gasteiger partial charge in [-0.1, -0.05) is 0 Å². The highest BCUT2D eigenvalue weighted by Crippen LogP contribution is 2.15. The van der Waals surface area contributed by atoms with Gasteiger partial charge in [0.1, 0.15) is 10.7 Å². The van der Waals surface area contributed by atoms with Crippen LogP contribution >= 0.6 is 11.3 Å². The van der Waals surface area contributed by atoms with Gasteiger partial charge < -0.3 is 11.1 Å². The fraction of sp³-hybridized carbons (Fsp3) is 0.182. The summed E-state index contributed by atoms with van der Waals surface area (Å²) in [6.45, 7) is 1.88. The van der Waals surface area contributed by atoms with Crippen molar-refractivity contribution in [1.29, 1.82) is 0 Å². The largest absolute Gasteiger partial charge is 0.399 e. The molecule has 5 nitrogen and oxygen atoms in total. The minimum Gasteiger partial charge on any atom is -0.399 e. The van der Waals surface area contributed by atoms with E-state index in [9.17, 15) is 4.79 Å². The van der Waals surface area contributed by atoms with Crippen molar-refractivity contribution in [1.82, 2.24) is 15.3 Å². The first-order chi connectivity index (χ1) is 8.16. The lowest BCUT2D eigenvalue weighted by Crippen LogP contribution is -2.27. The summed E-state index contributed by atoms with van der Waals surface area (Å²) in [5, 5.41) is 5.55. The zero-order valence-corrected chi connectivity index (χ0v) is 10.1. The molecule has 1 amide bonds. The molecule has 0 aliphatic rings. The van der Waals surface area contributed by atoms with E-state index in [2.05, 4.69) is 15.3 Å². The van der Waals surface area contributed by atoms with Crippen LogP contribution in [-0.4, -0.2) is 15.9 Å². The van der Waals surface area contributed by atoms with Gasteiger partial charge in [0.2, 0.25) is 0 Å². The number of anilines is 1. The van der Waals surface area contributed by atoms with Crippen molar-refractivity contribution in [3.8, 4) is 0 Å². The molecule has 88 valence electrons. The van der Waals surface area contributed by atoms with E-state index < -0.39 is 0 Å². The fourth-order valence-electron chi connectivity index (χ4n) is 1.35. The molecular formula is C11H12N4OS. The van der Waals surface area contributed by atoms with Gasteiger partial charge in [-0.25, -0.2) is 4.98 Å². The molecule has 1 atom stereocenters. The summed E-state index contributed by atoms with van der Waals surface area (Å²) in [5.41, 5.74) is 6.43. The van der Waals surface area contributed by atoms with Crippen LogP contribution in [0.1, 0.15) is 28.5 Å². The Hall–Kier alpha value is -1.95. The van der Waals surface area contributed by atoms with E-state index in [4.69, 9.17) is 5.73 Å².